The molecule has 2 atom stereocenters. The van der Waals surface area contributed by atoms with Crippen LogP contribution in [0.15, 0.2) is 42.5 Å². The first-order chi connectivity index (χ1) is 13.9. The third kappa shape index (κ3) is 6.13. The van der Waals surface area contributed by atoms with Crippen LogP contribution in [0.25, 0.3) is 0 Å². The molecule has 0 aliphatic carbocycles. The van der Waals surface area contributed by atoms with E-state index in [1.54, 1.807) is 18.2 Å². The van der Waals surface area contributed by atoms with E-state index in [4.69, 9.17) is 16.3 Å². The minimum atomic E-state index is -1.61. The van der Waals surface area contributed by atoms with Gasteiger partial charge in [-0.15, -0.1) is 0 Å². The number of rotatable bonds is 7. The highest BCUT2D eigenvalue weighted by molar-refractivity contribution is 7.86. The number of nitrogens with one attached hydrogen (secondary N) is 2. The molecule has 2 aromatic rings. The number of aryl methyl sites for hydroxylation is 1. The second-order valence-corrected chi connectivity index (χ2v) is 8.72. The quantitative estimate of drug-likeness (QED) is 0.701. The van der Waals surface area contributed by atoms with E-state index in [2.05, 4.69) is 16.7 Å². The molecule has 1 heterocycles. The summed E-state index contributed by atoms with van der Waals surface area (Å²) in [4.78, 5) is 24.2. The molecule has 0 spiro atoms. The van der Waals surface area contributed by atoms with Crippen molar-refractivity contribution in [3.05, 3.63) is 64.2 Å². The lowest BCUT2D eigenvalue weighted by Crippen LogP contribution is -2.35. The summed E-state index contributed by atoms with van der Waals surface area (Å²) in [6.45, 7) is 2.77. The molecular formula is C21H23ClN2O4S. The van der Waals surface area contributed by atoms with Crippen LogP contribution >= 0.6 is 11.6 Å². The van der Waals surface area contributed by atoms with Gasteiger partial charge in [0, 0.05) is 28.1 Å². The number of anilines is 1. The highest BCUT2D eigenvalue weighted by Gasteiger charge is 2.21. The number of amides is 2. The van der Waals surface area contributed by atoms with Crippen molar-refractivity contribution in [1.29, 1.82) is 0 Å². The zero-order valence-electron chi connectivity index (χ0n) is 16.1. The standard InChI is InChI=1S/C21H23ClN2O4S/c1-14-6-7-16(10-18(14)22)24-21(26)13-29(27)12-20(25)23-11-19-17-5-3-2-4-15(17)8-9-28-19/h2-7,10,19H,8-9,11-13H2,1H3,(H,23,25)(H,24,26). The monoisotopic (exact) mass is 434 g/mol. The molecule has 2 unspecified atom stereocenters. The van der Waals surface area contributed by atoms with Crippen LogP contribution in [-0.2, 0) is 31.5 Å². The maximum Gasteiger partial charge on any atom is 0.237 e. The molecule has 2 amide bonds. The van der Waals surface area contributed by atoms with Crippen LogP contribution in [-0.4, -0.2) is 40.7 Å². The van der Waals surface area contributed by atoms with Crippen molar-refractivity contribution in [1.82, 2.24) is 5.32 Å². The molecule has 0 radical (unpaired) electrons. The van der Waals surface area contributed by atoms with Gasteiger partial charge in [-0.05, 0) is 42.2 Å². The molecule has 2 aromatic carbocycles. The smallest absolute Gasteiger partial charge is 0.237 e. The Kier molecular flexibility index (Phi) is 7.41. The van der Waals surface area contributed by atoms with Crippen molar-refractivity contribution in [2.75, 3.05) is 30.0 Å². The molecule has 8 heteroatoms. The van der Waals surface area contributed by atoms with Gasteiger partial charge < -0.3 is 15.4 Å². The number of benzene rings is 2. The molecule has 0 saturated carbocycles. The van der Waals surface area contributed by atoms with E-state index < -0.39 is 16.7 Å². The summed E-state index contributed by atoms with van der Waals surface area (Å²) in [6.07, 6.45) is 0.637. The first-order valence-electron chi connectivity index (χ1n) is 9.29. The third-order valence-electron chi connectivity index (χ3n) is 4.62. The van der Waals surface area contributed by atoms with Crippen LogP contribution in [0.1, 0.15) is 22.8 Å². The highest BCUT2D eigenvalue weighted by Crippen LogP contribution is 2.26. The maximum absolute atomic E-state index is 12.2. The van der Waals surface area contributed by atoms with Crippen LogP contribution in [0.3, 0.4) is 0 Å². The molecule has 1 aliphatic heterocycles. The van der Waals surface area contributed by atoms with Gasteiger partial charge in [0.15, 0.2) is 0 Å². The molecule has 0 saturated heterocycles. The van der Waals surface area contributed by atoms with Crippen molar-refractivity contribution < 1.29 is 18.5 Å². The first-order valence-corrected chi connectivity index (χ1v) is 11.2. The average molecular weight is 435 g/mol. The number of halogens is 1. The van der Waals surface area contributed by atoms with Crippen LogP contribution in [0.4, 0.5) is 5.69 Å². The van der Waals surface area contributed by atoms with E-state index in [0.717, 1.165) is 17.5 Å². The predicted octanol–water partition coefficient (Wildman–Crippen LogP) is 2.77. The second-order valence-electron chi connectivity index (χ2n) is 6.85. The van der Waals surface area contributed by atoms with E-state index in [9.17, 15) is 13.8 Å². The molecule has 0 fully saturated rings. The largest absolute Gasteiger partial charge is 0.371 e. The van der Waals surface area contributed by atoms with Crippen LogP contribution < -0.4 is 10.6 Å². The number of hydrogen-bond acceptors (Lipinski definition) is 4. The van der Waals surface area contributed by atoms with Gasteiger partial charge in [-0.1, -0.05) is 41.9 Å². The fourth-order valence-electron chi connectivity index (χ4n) is 3.11. The fourth-order valence-corrected chi connectivity index (χ4v) is 4.16. The van der Waals surface area contributed by atoms with Crippen molar-refractivity contribution in [2.45, 2.75) is 19.4 Å². The normalized spacial score (nSPS) is 16.6. The van der Waals surface area contributed by atoms with Crippen molar-refractivity contribution in [2.24, 2.45) is 0 Å². The summed E-state index contributed by atoms with van der Waals surface area (Å²) in [5.41, 5.74) is 3.71. The third-order valence-corrected chi connectivity index (χ3v) is 6.19. The number of ether oxygens (including phenoxy) is 1. The predicted molar refractivity (Wildman–Crippen MR) is 115 cm³/mol. The minimum Gasteiger partial charge on any atom is -0.371 e. The van der Waals surface area contributed by atoms with Gasteiger partial charge in [0.25, 0.3) is 0 Å². The summed E-state index contributed by atoms with van der Waals surface area (Å²) >= 11 is 6.03. The Hall–Kier alpha value is -2.22. The number of carbonyl (C=O) groups is 2. The van der Waals surface area contributed by atoms with Gasteiger partial charge in [0.2, 0.25) is 11.8 Å². The lowest BCUT2D eigenvalue weighted by atomic mass is 9.97. The number of hydrogen-bond donors (Lipinski definition) is 2. The minimum absolute atomic E-state index is 0.216. The van der Waals surface area contributed by atoms with E-state index in [1.807, 2.05) is 25.1 Å². The SMILES string of the molecule is Cc1ccc(NC(=O)CS(=O)CC(=O)NCC2OCCc3ccccc32)cc1Cl. The summed E-state index contributed by atoms with van der Waals surface area (Å²) in [7, 11) is -1.61. The first kappa shape index (κ1) is 21.5. The molecule has 6 nitrogen and oxygen atoms in total. The Morgan fingerprint density at radius 2 is 1.93 bits per heavy atom. The van der Waals surface area contributed by atoms with E-state index in [0.29, 0.717) is 23.9 Å². The Morgan fingerprint density at radius 3 is 2.72 bits per heavy atom. The summed E-state index contributed by atoms with van der Waals surface area (Å²) in [6, 6.07) is 13.1. The molecular weight excluding hydrogens is 412 g/mol. The Bertz CT molecular complexity index is 935. The second kappa shape index (κ2) is 10.0. The van der Waals surface area contributed by atoms with E-state index in [1.165, 1.54) is 5.56 Å². The van der Waals surface area contributed by atoms with Gasteiger partial charge >= 0.3 is 0 Å². The van der Waals surface area contributed by atoms with Gasteiger partial charge in [-0.25, -0.2) is 0 Å². The zero-order chi connectivity index (χ0) is 20.8. The summed E-state index contributed by atoms with van der Waals surface area (Å²) in [5.74, 6) is -1.31. The fraction of sp³-hybridized carbons (Fsp3) is 0.333. The van der Waals surface area contributed by atoms with Gasteiger partial charge in [-0.2, -0.15) is 0 Å². The molecule has 2 N–H and O–H groups in total. The van der Waals surface area contributed by atoms with Gasteiger partial charge in [-0.3, -0.25) is 13.8 Å². The molecule has 1 aliphatic rings. The topological polar surface area (TPSA) is 84.5 Å². The number of fused-ring (bicyclic) bond motifs is 1. The van der Waals surface area contributed by atoms with Gasteiger partial charge in [0.1, 0.15) is 17.6 Å². The molecule has 3 rings (SSSR count). The summed E-state index contributed by atoms with van der Waals surface area (Å²) < 4.78 is 17.9. The molecule has 0 bridgehead atoms. The maximum atomic E-state index is 12.2. The molecule has 29 heavy (non-hydrogen) atoms. The number of carbonyl (C=O) groups excluding carboxylic acids is 2. The van der Waals surface area contributed by atoms with Gasteiger partial charge in [0.05, 0.1) is 6.61 Å². The Morgan fingerprint density at radius 1 is 1.17 bits per heavy atom. The molecule has 0 aromatic heterocycles. The lowest BCUT2D eigenvalue weighted by Gasteiger charge is -2.26. The van der Waals surface area contributed by atoms with E-state index in [-0.39, 0.29) is 23.5 Å². The Labute approximate surface area is 177 Å². The van der Waals surface area contributed by atoms with Crippen LogP contribution in [0.2, 0.25) is 5.02 Å². The molecule has 154 valence electrons. The van der Waals surface area contributed by atoms with Crippen LogP contribution in [0, 0.1) is 6.92 Å². The van der Waals surface area contributed by atoms with Crippen molar-refractivity contribution in [3.8, 4) is 0 Å². The summed E-state index contributed by atoms with van der Waals surface area (Å²) in [5, 5.41) is 5.93. The highest BCUT2D eigenvalue weighted by atomic mass is 35.5. The Balaban J connectivity index is 1.44. The van der Waals surface area contributed by atoms with Crippen LogP contribution in [0.5, 0.6) is 0 Å². The zero-order valence-corrected chi connectivity index (χ0v) is 17.6. The van der Waals surface area contributed by atoms with E-state index >= 15 is 0 Å². The lowest BCUT2D eigenvalue weighted by molar-refractivity contribution is -0.119. The van der Waals surface area contributed by atoms with Crippen molar-refractivity contribution in [3.63, 3.8) is 0 Å². The van der Waals surface area contributed by atoms with Crippen molar-refractivity contribution >= 4 is 39.9 Å². The average Bonchev–Trinajstić information content (AvgIpc) is 2.69.